The number of rotatable bonds is 6. The van der Waals surface area contributed by atoms with Crippen molar-refractivity contribution in [1.82, 2.24) is 14.9 Å². The van der Waals surface area contributed by atoms with Crippen molar-refractivity contribution in [2.45, 2.75) is 13.2 Å². The molecule has 1 aromatic carbocycles. The summed E-state index contributed by atoms with van der Waals surface area (Å²) in [6, 6.07) is 11.8. The molecular formula is C21H20FN5OS. The summed E-state index contributed by atoms with van der Waals surface area (Å²) < 4.78 is 18.6. The standard InChI is InChI=1S/C21H20FN5OS/c22-17-3-5-19(6-4-17)28-14-20-25-18(15-29-20)13-26-8-10-27(11-9-26)21-16(12-23)2-1-7-24-21/h1-7,15H,8-11,13-14H2. The maximum Gasteiger partial charge on any atom is 0.146 e. The molecular weight excluding hydrogens is 389 g/mol. The number of thiazole rings is 1. The monoisotopic (exact) mass is 409 g/mol. The van der Waals surface area contributed by atoms with Gasteiger partial charge < -0.3 is 9.64 Å². The van der Waals surface area contributed by atoms with E-state index in [1.54, 1.807) is 41.8 Å². The fourth-order valence-electron chi connectivity index (χ4n) is 3.25. The van der Waals surface area contributed by atoms with Gasteiger partial charge in [-0.25, -0.2) is 14.4 Å². The van der Waals surface area contributed by atoms with E-state index in [1.807, 2.05) is 0 Å². The number of hydrogen-bond donors (Lipinski definition) is 0. The third-order valence-corrected chi connectivity index (χ3v) is 5.61. The largest absolute Gasteiger partial charge is 0.486 e. The Labute approximate surface area is 172 Å². The molecule has 0 aliphatic carbocycles. The number of piperazine rings is 1. The molecule has 2 aromatic heterocycles. The summed E-state index contributed by atoms with van der Waals surface area (Å²) in [4.78, 5) is 13.5. The minimum atomic E-state index is -0.277. The molecule has 3 aromatic rings. The molecule has 0 spiro atoms. The van der Waals surface area contributed by atoms with Crippen molar-refractivity contribution in [2.24, 2.45) is 0 Å². The number of pyridine rings is 1. The highest BCUT2D eigenvalue weighted by molar-refractivity contribution is 7.09. The highest BCUT2D eigenvalue weighted by atomic mass is 32.1. The van der Waals surface area contributed by atoms with Gasteiger partial charge in [0, 0.05) is 44.3 Å². The summed E-state index contributed by atoms with van der Waals surface area (Å²) in [7, 11) is 0. The Morgan fingerprint density at radius 3 is 2.69 bits per heavy atom. The van der Waals surface area contributed by atoms with Crippen LogP contribution in [0.5, 0.6) is 5.75 Å². The summed E-state index contributed by atoms with van der Waals surface area (Å²) in [5, 5.41) is 12.2. The normalized spacial score (nSPS) is 14.6. The van der Waals surface area contributed by atoms with Crippen molar-refractivity contribution >= 4 is 17.2 Å². The number of anilines is 1. The van der Waals surface area contributed by atoms with E-state index in [4.69, 9.17) is 4.74 Å². The van der Waals surface area contributed by atoms with Crippen molar-refractivity contribution in [3.05, 3.63) is 70.1 Å². The zero-order valence-corrected chi connectivity index (χ0v) is 16.6. The van der Waals surface area contributed by atoms with Crippen LogP contribution in [0, 0.1) is 17.1 Å². The molecule has 0 atom stereocenters. The smallest absolute Gasteiger partial charge is 0.146 e. The molecule has 1 aliphatic heterocycles. The van der Waals surface area contributed by atoms with Gasteiger partial charge >= 0.3 is 0 Å². The lowest BCUT2D eigenvalue weighted by Gasteiger charge is -2.35. The van der Waals surface area contributed by atoms with Gasteiger partial charge in [-0.1, -0.05) is 0 Å². The maximum absolute atomic E-state index is 12.9. The predicted octanol–water partition coefficient (Wildman–Crippen LogP) is 3.45. The first kappa shape index (κ1) is 19.3. The van der Waals surface area contributed by atoms with Gasteiger partial charge in [0.25, 0.3) is 0 Å². The molecule has 1 fully saturated rings. The molecule has 0 unspecified atom stereocenters. The molecule has 0 bridgehead atoms. The fourth-order valence-corrected chi connectivity index (χ4v) is 3.94. The second kappa shape index (κ2) is 8.99. The molecule has 6 nitrogen and oxygen atoms in total. The third kappa shape index (κ3) is 4.88. The summed E-state index contributed by atoms with van der Waals surface area (Å²) in [5.74, 6) is 1.12. The van der Waals surface area contributed by atoms with Gasteiger partial charge in [0.1, 0.15) is 35.1 Å². The molecule has 3 heterocycles. The summed E-state index contributed by atoms with van der Waals surface area (Å²) in [5.41, 5.74) is 1.64. The molecule has 0 N–H and O–H groups in total. The average Bonchev–Trinajstić information content (AvgIpc) is 3.21. The second-order valence-corrected chi connectivity index (χ2v) is 7.67. The van der Waals surface area contributed by atoms with Gasteiger partial charge in [0.2, 0.25) is 0 Å². The Balaban J connectivity index is 1.28. The lowest BCUT2D eigenvalue weighted by atomic mass is 10.2. The van der Waals surface area contributed by atoms with E-state index in [1.165, 1.54) is 12.1 Å². The first-order chi connectivity index (χ1) is 14.2. The average molecular weight is 409 g/mol. The molecule has 4 rings (SSSR count). The van der Waals surface area contributed by atoms with Gasteiger partial charge in [0.15, 0.2) is 0 Å². The first-order valence-electron chi connectivity index (χ1n) is 9.35. The van der Waals surface area contributed by atoms with Gasteiger partial charge in [-0.3, -0.25) is 4.90 Å². The van der Waals surface area contributed by atoms with Crippen LogP contribution in [0.3, 0.4) is 0 Å². The van der Waals surface area contributed by atoms with Crippen LogP contribution in [-0.4, -0.2) is 41.0 Å². The van der Waals surface area contributed by atoms with E-state index in [9.17, 15) is 9.65 Å². The lowest BCUT2D eigenvalue weighted by Crippen LogP contribution is -2.46. The molecule has 29 heavy (non-hydrogen) atoms. The molecule has 8 heteroatoms. The Kier molecular flexibility index (Phi) is 5.98. The van der Waals surface area contributed by atoms with Gasteiger partial charge in [0.05, 0.1) is 11.3 Å². The summed E-state index contributed by atoms with van der Waals surface area (Å²) in [6.07, 6.45) is 1.73. The van der Waals surface area contributed by atoms with Crippen molar-refractivity contribution < 1.29 is 9.13 Å². The maximum atomic E-state index is 12.9. The van der Waals surface area contributed by atoms with Crippen molar-refractivity contribution in [3.8, 4) is 11.8 Å². The number of aromatic nitrogens is 2. The van der Waals surface area contributed by atoms with E-state index in [0.717, 1.165) is 49.2 Å². The Hall–Kier alpha value is -3.02. The van der Waals surface area contributed by atoms with Crippen LogP contribution < -0.4 is 9.64 Å². The van der Waals surface area contributed by atoms with Gasteiger partial charge in [-0.15, -0.1) is 11.3 Å². The Morgan fingerprint density at radius 1 is 1.14 bits per heavy atom. The van der Waals surface area contributed by atoms with E-state index in [0.29, 0.717) is 17.9 Å². The second-order valence-electron chi connectivity index (χ2n) is 6.72. The van der Waals surface area contributed by atoms with E-state index in [2.05, 4.69) is 31.2 Å². The minimum absolute atomic E-state index is 0.277. The minimum Gasteiger partial charge on any atom is -0.486 e. The van der Waals surface area contributed by atoms with Crippen LogP contribution in [0.1, 0.15) is 16.3 Å². The fraction of sp³-hybridized carbons (Fsp3) is 0.286. The first-order valence-corrected chi connectivity index (χ1v) is 10.2. The zero-order valence-electron chi connectivity index (χ0n) is 15.8. The van der Waals surface area contributed by atoms with Crippen molar-refractivity contribution in [2.75, 3.05) is 31.1 Å². The van der Waals surface area contributed by atoms with Crippen LogP contribution in [0.25, 0.3) is 0 Å². The Bertz CT molecular complexity index is 993. The van der Waals surface area contributed by atoms with Gasteiger partial charge in [-0.05, 0) is 36.4 Å². The van der Waals surface area contributed by atoms with E-state index in [-0.39, 0.29) is 5.82 Å². The number of nitriles is 1. The van der Waals surface area contributed by atoms with Crippen LogP contribution in [0.15, 0.2) is 48.0 Å². The molecule has 0 radical (unpaired) electrons. The number of ether oxygens (including phenoxy) is 1. The van der Waals surface area contributed by atoms with Crippen LogP contribution in [-0.2, 0) is 13.2 Å². The summed E-state index contributed by atoms with van der Waals surface area (Å²) in [6.45, 7) is 4.60. The van der Waals surface area contributed by atoms with E-state index < -0.39 is 0 Å². The van der Waals surface area contributed by atoms with Crippen LogP contribution in [0.4, 0.5) is 10.2 Å². The highest BCUT2D eigenvalue weighted by Gasteiger charge is 2.20. The molecule has 0 amide bonds. The number of halogens is 1. The zero-order chi connectivity index (χ0) is 20.1. The van der Waals surface area contributed by atoms with E-state index >= 15 is 0 Å². The molecule has 1 aliphatic rings. The number of hydrogen-bond acceptors (Lipinski definition) is 7. The van der Waals surface area contributed by atoms with Crippen molar-refractivity contribution in [3.63, 3.8) is 0 Å². The van der Waals surface area contributed by atoms with Crippen LogP contribution in [0.2, 0.25) is 0 Å². The SMILES string of the molecule is N#Cc1cccnc1N1CCN(Cc2csc(COc3ccc(F)cc3)n2)CC1. The lowest BCUT2D eigenvalue weighted by molar-refractivity contribution is 0.246. The van der Waals surface area contributed by atoms with Crippen molar-refractivity contribution in [1.29, 1.82) is 5.26 Å². The topological polar surface area (TPSA) is 65.3 Å². The Morgan fingerprint density at radius 2 is 1.93 bits per heavy atom. The highest BCUT2D eigenvalue weighted by Crippen LogP contribution is 2.20. The molecule has 0 saturated carbocycles. The molecule has 148 valence electrons. The number of benzene rings is 1. The summed E-state index contributed by atoms with van der Waals surface area (Å²) >= 11 is 1.57. The number of nitrogens with zero attached hydrogens (tertiary/aromatic N) is 5. The third-order valence-electron chi connectivity index (χ3n) is 4.74. The quantitative estimate of drug-likeness (QED) is 0.621. The van der Waals surface area contributed by atoms with Crippen LogP contribution >= 0.6 is 11.3 Å². The predicted molar refractivity (Wildman–Crippen MR) is 109 cm³/mol. The molecule has 1 saturated heterocycles. The van der Waals surface area contributed by atoms with Gasteiger partial charge in [-0.2, -0.15) is 5.26 Å².